The molecular formula is C12H22N2O3. The van der Waals surface area contributed by atoms with Gasteiger partial charge in [-0.15, -0.1) is 0 Å². The van der Waals surface area contributed by atoms with Crippen molar-refractivity contribution in [3.05, 3.63) is 0 Å². The molecule has 0 spiro atoms. The van der Waals surface area contributed by atoms with Gasteiger partial charge in [-0.1, -0.05) is 6.92 Å². The van der Waals surface area contributed by atoms with Gasteiger partial charge in [0.2, 0.25) is 5.91 Å². The zero-order valence-corrected chi connectivity index (χ0v) is 10.7. The molecule has 0 radical (unpaired) electrons. The van der Waals surface area contributed by atoms with Gasteiger partial charge in [-0.2, -0.15) is 0 Å². The van der Waals surface area contributed by atoms with E-state index in [0.717, 1.165) is 32.5 Å². The van der Waals surface area contributed by atoms with Crippen LogP contribution in [0, 0.1) is 0 Å². The third kappa shape index (κ3) is 4.34. The van der Waals surface area contributed by atoms with Gasteiger partial charge >= 0.3 is 5.97 Å². The first-order valence-electron chi connectivity index (χ1n) is 6.24. The molecule has 1 amide bonds. The van der Waals surface area contributed by atoms with Crippen LogP contribution in [0.15, 0.2) is 0 Å². The second-order valence-electron chi connectivity index (χ2n) is 4.66. The Bertz CT molecular complexity index is 281. The Hall–Kier alpha value is -1.10. The molecule has 1 heterocycles. The molecule has 1 N–H and O–H groups in total. The van der Waals surface area contributed by atoms with Crippen molar-refractivity contribution >= 4 is 11.9 Å². The lowest BCUT2D eigenvalue weighted by atomic mass is 10.1. The Morgan fingerprint density at radius 3 is 2.59 bits per heavy atom. The first kappa shape index (κ1) is 14.0. The Labute approximate surface area is 102 Å². The highest BCUT2D eigenvalue weighted by Gasteiger charge is 2.25. The van der Waals surface area contributed by atoms with E-state index in [1.165, 1.54) is 0 Å². The molecule has 1 unspecified atom stereocenters. The average Bonchev–Trinajstić information content (AvgIpc) is 2.47. The largest absolute Gasteiger partial charge is 0.481 e. The van der Waals surface area contributed by atoms with E-state index in [0.29, 0.717) is 0 Å². The van der Waals surface area contributed by atoms with E-state index in [4.69, 9.17) is 5.11 Å². The minimum atomic E-state index is -0.904. The minimum Gasteiger partial charge on any atom is -0.481 e. The molecule has 98 valence electrons. The molecule has 1 aliphatic rings. The fourth-order valence-corrected chi connectivity index (χ4v) is 2.28. The summed E-state index contributed by atoms with van der Waals surface area (Å²) < 4.78 is 0. The summed E-state index contributed by atoms with van der Waals surface area (Å²) in [5, 5.41) is 8.60. The van der Waals surface area contributed by atoms with Crippen molar-refractivity contribution in [1.29, 1.82) is 0 Å². The topological polar surface area (TPSA) is 60.9 Å². The summed E-state index contributed by atoms with van der Waals surface area (Å²) in [5.74, 6) is -0.923. The fourth-order valence-electron chi connectivity index (χ4n) is 2.28. The maximum Gasteiger partial charge on any atom is 0.303 e. The molecule has 5 nitrogen and oxygen atoms in total. The van der Waals surface area contributed by atoms with Crippen LogP contribution in [0.1, 0.15) is 32.6 Å². The van der Waals surface area contributed by atoms with Crippen LogP contribution in [-0.2, 0) is 9.59 Å². The van der Waals surface area contributed by atoms with E-state index in [2.05, 4.69) is 18.9 Å². The normalized spacial score (nSPS) is 22.2. The van der Waals surface area contributed by atoms with Gasteiger partial charge in [-0.05, 0) is 26.4 Å². The van der Waals surface area contributed by atoms with Gasteiger partial charge in [0, 0.05) is 25.6 Å². The highest BCUT2D eigenvalue weighted by atomic mass is 16.4. The van der Waals surface area contributed by atoms with E-state index < -0.39 is 5.97 Å². The molecule has 1 atom stereocenters. The smallest absolute Gasteiger partial charge is 0.303 e. The third-order valence-corrected chi connectivity index (χ3v) is 3.25. The zero-order chi connectivity index (χ0) is 12.8. The van der Waals surface area contributed by atoms with Gasteiger partial charge < -0.3 is 14.9 Å². The first-order valence-corrected chi connectivity index (χ1v) is 6.24. The van der Waals surface area contributed by atoms with Crippen molar-refractivity contribution in [2.24, 2.45) is 0 Å². The summed E-state index contributed by atoms with van der Waals surface area (Å²) >= 11 is 0. The van der Waals surface area contributed by atoms with Crippen LogP contribution in [0.2, 0.25) is 0 Å². The van der Waals surface area contributed by atoms with Gasteiger partial charge in [-0.3, -0.25) is 9.59 Å². The number of amides is 1. The van der Waals surface area contributed by atoms with Gasteiger partial charge in [0.15, 0.2) is 0 Å². The van der Waals surface area contributed by atoms with Crippen LogP contribution >= 0.6 is 0 Å². The third-order valence-electron chi connectivity index (χ3n) is 3.25. The van der Waals surface area contributed by atoms with Crippen LogP contribution in [0.4, 0.5) is 0 Å². The number of hydrogen-bond donors (Lipinski definition) is 1. The van der Waals surface area contributed by atoms with E-state index in [1.54, 1.807) is 0 Å². The molecule has 17 heavy (non-hydrogen) atoms. The van der Waals surface area contributed by atoms with Gasteiger partial charge in [0.25, 0.3) is 0 Å². The standard InChI is InChI=1S/C12H22N2O3/c1-3-10-9-13(2)7-4-8-14(10)11(15)5-6-12(16)17/h10H,3-9H2,1-2H3,(H,16,17). The summed E-state index contributed by atoms with van der Waals surface area (Å²) in [6.07, 6.45) is 1.94. The fraction of sp³-hybridized carbons (Fsp3) is 0.833. The number of aliphatic carboxylic acids is 1. The summed E-state index contributed by atoms with van der Waals surface area (Å²) in [7, 11) is 2.06. The molecule has 1 fully saturated rings. The summed E-state index contributed by atoms with van der Waals surface area (Å²) in [6.45, 7) is 4.71. The predicted octanol–water partition coefficient (Wildman–Crippen LogP) is 0.794. The number of carbonyl (C=O) groups is 2. The maximum atomic E-state index is 12.0. The van der Waals surface area contributed by atoms with Gasteiger partial charge in [-0.25, -0.2) is 0 Å². The number of carbonyl (C=O) groups excluding carboxylic acids is 1. The van der Waals surface area contributed by atoms with Crippen molar-refractivity contribution in [3.63, 3.8) is 0 Å². The van der Waals surface area contributed by atoms with Crippen molar-refractivity contribution in [2.75, 3.05) is 26.7 Å². The van der Waals surface area contributed by atoms with Crippen molar-refractivity contribution in [1.82, 2.24) is 9.80 Å². The quantitative estimate of drug-likeness (QED) is 0.792. The molecule has 0 saturated carbocycles. The highest BCUT2D eigenvalue weighted by Crippen LogP contribution is 2.13. The highest BCUT2D eigenvalue weighted by molar-refractivity contribution is 5.81. The second-order valence-corrected chi connectivity index (χ2v) is 4.66. The molecule has 1 aliphatic heterocycles. The number of carboxylic acid groups (broad SMARTS) is 1. The van der Waals surface area contributed by atoms with E-state index in [9.17, 15) is 9.59 Å². The molecule has 0 aromatic rings. The number of likely N-dealkylation sites (N-methyl/N-ethyl adjacent to an activating group) is 1. The maximum absolute atomic E-state index is 12.0. The summed E-state index contributed by atoms with van der Waals surface area (Å²) in [4.78, 5) is 26.6. The van der Waals surface area contributed by atoms with E-state index in [1.807, 2.05) is 4.90 Å². The van der Waals surface area contributed by atoms with Gasteiger partial charge in [0.05, 0.1) is 6.42 Å². The molecule has 0 bridgehead atoms. The summed E-state index contributed by atoms with van der Waals surface area (Å²) in [6, 6.07) is 0.226. The number of nitrogens with zero attached hydrogens (tertiary/aromatic N) is 2. The molecule has 5 heteroatoms. The van der Waals surface area contributed by atoms with Crippen LogP contribution in [-0.4, -0.2) is 59.5 Å². The molecule has 0 aliphatic carbocycles. The molecule has 0 aromatic carbocycles. The lowest BCUT2D eigenvalue weighted by Gasteiger charge is -2.30. The van der Waals surface area contributed by atoms with Gasteiger partial charge in [0.1, 0.15) is 0 Å². The van der Waals surface area contributed by atoms with Crippen LogP contribution in [0.3, 0.4) is 0 Å². The van der Waals surface area contributed by atoms with Crippen molar-refractivity contribution in [2.45, 2.75) is 38.6 Å². The van der Waals surface area contributed by atoms with Crippen molar-refractivity contribution < 1.29 is 14.7 Å². The van der Waals surface area contributed by atoms with E-state index >= 15 is 0 Å². The Balaban J connectivity index is 2.58. The second kappa shape index (κ2) is 6.59. The Kier molecular flexibility index (Phi) is 5.41. The molecule has 1 rings (SSSR count). The molecule has 1 saturated heterocycles. The number of carboxylic acids is 1. The average molecular weight is 242 g/mol. The lowest BCUT2D eigenvalue weighted by molar-refractivity contribution is -0.141. The zero-order valence-electron chi connectivity index (χ0n) is 10.7. The Morgan fingerprint density at radius 2 is 2.00 bits per heavy atom. The first-order chi connectivity index (χ1) is 8.04. The lowest BCUT2D eigenvalue weighted by Crippen LogP contribution is -2.43. The van der Waals surface area contributed by atoms with Crippen LogP contribution in [0.5, 0.6) is 0 Å². The van der Waals surface area contributed by atoms with E-state index in [-0.39, 0.29) is 24.8 Å². The number of rotatable bonds is 4. The predicted molar refractivity (Wildman–Crippen MR) is 64.8 cm³/mol. The number of hydrogen-bond acceptors (Lipinski definition) is 3. The van der Waals surface area contributed by atoms with Crippen LogP contribution < -0.4 is 0 Å². The molecule has 0 aromatic heterocycles. The summed E-state index contributed by atoms with van der Waals surface area (Å²) in [5.41, 5.74) is 0. The monoisotopic (exact) mass is 242 g/mol. The Morgan fingerprint density at radius 1 is 1.29 bits per heavy atom. The van der Waals surface area contributed by atoms with Crippen molar-refractivity contribution in [3.8, 4) is 0 Å². The minimum absolute atomic E-state index is 0.0189. The van der Waals surface area contributed by atoms with Crippen LogP contribution in [0.25, 0.3) is 0 Å². The SMILES string of the molecule is CCC1CN(C)CCCN1C(=O)CCC(=O)O. The molecular weight excluding hydrogens is 220 g/mol.